The quantitative estimate of drug-likeness (QED) is 0.715. The highest BCUT2D eigenvalue weighted by molar-refractivity contribution is 7.99. The monoisotopic (exact) mass is 382 g/mol. The standard InChI is InChI=1S/C17H22N2O4S2/c1-12(2)9-19(13-7-8-25(21,22)11-13)16(20)10-24-17-18-14-5-3-4-6-15(14)23-17/h3-6,12-13H,7-11H2,1-2H3/t13-/m0/s1. The number of thioether (sulfide) groups is 1. The first-order chi connectivity index (χ1) is 11.8. The van der Waals surface area contributed by atoms with Crippen molar-refractivity contribution in [1.29, 1.82) is 0 Å². The average molecular weight is 383 g/mol. The number of nitrogens with zero attached hydrogens (tertiary/aromatic N) is 2. The smallest absolute Gasteiger partial charge is 0.257 e. The molecule has 1 aliphatic rings. The van der Waals surface area contributed by atoms with Gasteiger partial charge in [0.1, 0.15) is 5.52 Å². The summed E-state index contributed by atoms with van der Waals surface area (Å²) in [5.74, 6) is 0.636. The predicted octanol–water partition coefficient (Wildman–Crippen LogP) is 2.59. The summed E-state index contributed by atoms with van der Waals surface area (Å²) in [5.41, 5.74) is 1.46. The minimum atomic E-state index is -3.03. The number of fused-ring (bicyclic) bond motifs is 1. The fourth-order valence-corrected chi connectivity index (χ4v) is 5.44. The van der Waals surface area contributed by atoms with Crippen molar-refractivity contribution in [2.75, 3.05) is 23.8 Å². The summed E-state index contributed by atoms with van der Waals surface area (Å²) in [5, 5.41) is 0.457. The third kappa shape index (κ3) is 4.55. The predicted molar refractivity (Wildman–Crippen MR) is 98.3 cm³/mol. The number of benzene rings is 1. The Labute approximate surface area is 151 Å². The van der Waals surface area contributed by atoms with Gasteiger partial charge in [0.25, 0.3) is 5.22 Å². The molecule has 6 nitrogen and oxygen atoms in total. The van der Waals surface area contributed by atoms with Crippen LogP contribution in [0.5, 0.6) is 0 Å². The van der Waals surface area contributed by atoms with Gasteiger partial charge in [-0.15, -0.1) is 0 Å². The maximum atomic E-state index is 12.7. The van der Waals surface area contributed by atoms with Crippen LogP contribution in [0.1, 0.15) is 20.3 Å². The fraction of sp³-hybridized carbons (Fsp3) is 0.529. The van der Waals surface area contributed by atoms with E-state index in [-0.39, 0.29) is 35.1 Å². The lowest BCUT2D eigenvalue weighted by Crippen LogP contribution is -2.44. The molecule has 1 aromatic carbocycles. The van der Waals surface area contributed by atoms with Gasteiger partial charge < -0.3 is 9.32 Å². The molecule has 1 saturated heterocycles. The van der Waals surface area contributed by atoms with Crippen molar-refractivity contribution >= 4 is 38.6 Å². The van der Waals surface area contributed by atoms with Gasteiger partial charge >= 0.3 is 0 Å². The molecule has 3 rings (SSSR count). The van der Waals surface area contributed by atoms with Gasteiger partial charge in [-0.05, 0) is 24.5 Å². The third-order valence-electron chi connectivity index (χ3n) is 4.12. The Morgan fingerprint density at radius 1 is 1.40 bits per heavy atom. The molecule has 0 radical (unpaired) electrons. The van der Waals surface area contributed by atoms with Crippen LogP contribution in [0.2, 0.25) is 0 Å². The van der Waals surface area contributed by atoms with Gasteiger partial charge in [0.2, 0.25) is 5.91 Å². The van der Waals surface area contributed by atoms with Crippen molar-refractivity contribution in [2.45, 2.75) is 31.5 Å². The van der Waals surface area contributed by atoms with E-state index in [1.54, 1.807) is 4.90 Å². The van der Waals surface area contributed by atoms with E-state index in [2.05, 4.69) is 4.98 Å². The van der Waals surface area contributed by atoms with Gasteiger partial charge in [-0.25, -0.2) is 13.4 Å². The lowest BCUT2D eigenvalue weighted by atomic mass is 10.1. The van der Waals surface area contributed by atoms with Crippen molar-refractivity contribution in [3.8, 4) is 0 Å². The van der Waals surface area contributed by atoms with E-state index in [9.17, 15) is 13.2 Å². The largest absolute Gasteiger partial charge is 0.431 e. The first kappa shape index (κ1) is 18.3. The normalized spacial score (nSPS) is 19.6. The molecule has 1 amide bonds. The van der Waals surface area contributed by atoms with Crippen molar-refractivity contribution in [1.82, 2.24) is 9.88 Å². The second-order valence-electron chi connectivity index (χ2n) is 6.73. The molecule has 0 bridgehead atoms. The molecule has 136 valence electrons. The van der Waals surface area contributed by atoms with Crippen LogP contribution in [-0.2, 0) is 14.6 Å². The van der Waals surface area contributed by atoms with Crippen LogP contribution in [-0.4, -0.2) is 54.1 Å². The van der Waals surface area contributed by atoms with Gasteiger partial charge in [-0.1, -0.05) is 37.7 Å². The summed E-state index contributed by atoms with van der Waals surface area (Å²) >= 11 is 1.25. The molecule has 1 aromatic heterocycles. The first-order valence-electron chi connectivity index (χ1n) is 8.32. The highest BCUT2D eigenvalue weighted by atomic mass is 32.2. The molecular formula is C17H22N2O4S2. The molecule has 0 unspecified atom stereocenters. The number of para-hydroxylation sites is 2. The summed E-state index contributed by atoms with van der Waals surface area (Å²) < 4.78 is 29.2. The number of amides is 1. The number of rotatable bonds is 6. The second kappa shape index (κ2) is 7.37. The van der Waals surface area contributed by atoms with Crippen LogP contribution in [0.15, 0.2) is 33.9 Å². The maximum absolute atomic E-state index is 12.7. The molecular weight excluding hydrogens is 360 g/mol. The summed E-state index contributed by atoms with van der Waals surface area (Å²) in [6.07, 6.45) is 0.522. The molecule has 0 aliphatic carbocycles. The lowest BCUT2D eigenvalue weighted by molar-refractivity contribution is -0.130. The van der Waals surface area contributed by atoms with Gasteiger partial charge in [0.15, 0.2) is 15.4 Å². The zero-order valence-corrected chi connectivity index (χ0v) is 16.0. The van der Waals surface area contributed by atoms with Crippen LogP contribution in [0, 0.1) is 5.92 Å². The number of carbonyl (C=O) groups excluding carboxylic acids is 1. The van der Waals surface area contributed by atoms with Crippen LogP contribution in [0.25, 0.3) is 11.1 Å². The number of carbonyl (C=O) groups is 1. The zero-order chi connectivity index (χ0) is 18.0. The summed E-state index contributed by atoms with van der Waals surface area (Å²) in [6, 6.07) is 7.24. The molecule has 0 saturated carbocycles. The Balaban J connectivity index is 1.67. The van der Waals surface area contributed by atoms with Gasteiger partial charge in [0.05, 0.1) is 17.3 Å². The molecule has 25 heavy (non-hydrogen) atoms. The molecule has 2 heterocycles. The van der Waals surface area contributed by atoms with E-state index >= 15 is 0 Å². The topological polar surface area (TPSA) is 80.5 Å². The Hall–Kier alpha value is -1.54. The minimum Gasteiger partial charge on any atom is -0.431 e. The SMILES string of the molecule is CC(C)CN(C(=O)CSc1nc2ccccc2o1)[C@H]1CCS(=O)(=O)C1. The Kier molecular flexibility index (Phi) is 5.38. The zero-order valence-electron chi connectivity index (χ0n) is 14.3. The number of hydrogen-bond acceptors (Lipinski definition) is 6. The molecule has 0 N–H and O–H groups in total. The van der Waals surface area contributed by atoms with Crippen molar-refractivity contribution in [3.63, 3.8) is 0 Å². The summed E-state index contributed by atoms with van der Waals surface area (Å²) in [7, 11) is -3.03. The van der Waals surface area contributed by atoms with E-state index in [1.807, 2.05) is 38.1 Å². The maximum Gasteiger partial charge on any atom is 0.257 e. The fourth-order valence-electron chi connectivity index (χ4n) is 2.99. The molecule has 2 aromatic rings. The first-order valence-corrected chi connectivity index (χ1v) is 11.1. The molecule has 1 aliphatic heterocycles. The molecule has 1 atom stereocenters. The lowest BCUT2D eigenvalue weighted by Gasteiger charge is -2.29. The van der Waals surface area contributed by atoms with Crippen LogP contribution >= 0.6 is 11.8 Å². The molecule has 8 heteroatoms. The van der Waals surface area contributed by atoms with Crippen LogP contribution in [0.4, 0.5) is 0 Å². The van der Waals surface area contributed by atoms with E-state index in [0.717, 1.165) is 5.52 Å². The van der Waals surface area contributed by atoms with Gasteiger partial charge in [-0.2, -0.15) is 0 Å². The Bertz CT molecular complexity index is 827. The Morgan fingerprint density at radius 2 is 2.16 bits per heavy atom. The molecule has 1 fully saturated rings. The summed E-state index contributed by atoms with van der Waals surface area (Å²) in [4.78, 5) is 18.8. The number of hydrogen-bond donors (Lipinski definition) is 0. The van der Waals surface area contributed by atoms with Crippen LogP contribution in [0.3, 0.4) is 0 Å². The van der Waals surface area contributed by atoms with Crippen LogP contribution < -0.4 is 0 Å². The molecule has 0 spiro atoms. The van der Waals surface area contributed by atoms with Gasteiger partial charge in [0, 0.05) is 12.6 Å². The van der Waals surface area contributed by atoms with Crippen molar-refractivity contribution in [2.24, 2.45) is 5.92 Å². The van der Waals surface area contributed by atoms with E-state index in [1.165, 1.54) is 11.8 Å². The third-order valence-corrected chi connectivity index (χ3v) is 6.69. The van der Waals surface area contributed by atoms with Crippen molar-refractivity contribution < 1.29 is 17.6 Å². The number of oxazole rings is 1. The highest BCUT2D eigenvalue weighted by Crippen LogP contribution is 2.25. The number of sulfone groups is 1. The minimum absolute atomic E-state index is 0.0666. The van der Waals surface area contributed by atoms with Crippen molar-refractivity contribution in [3.05, 3.63) is 24.3 Å². The average Bonchev–Trinajstić information content (AvgIpc) is 3.12. The van der Waals surface area contributed by atoms with Gasteiger partial charge in [-0.3, -0.25) is 4.79 Å². The Morgan fingerprint density at radius 3 is 2.80 bits per heavy atom. The number of aromatic nitrogens is 1. The van der Waals surface area contributed by atoms with E-state index in [4.69, 9.17) is 4.42 Å². The summed E-state index contributed by atoms with van der Waals surface area (Å²) in [6.45, 7) is 4.61. The highest BCUT2D eigenvalue weighted by Gasteiger charge is 2.34. The van der Waals surface area contributed by atoms with E-state index in [0.29, 0.717) is 23.8 Å². The second-order valence-corrected chi connectivity index (χ2v) is 9.89. The van der Waals surface area contributed by atoms with E-state index < -0.39 is 9.84 Å².